The van der Waals surface area contributed by atoms with Crippen LogP contribution in [-0.2, 0) is 0 Å². The van der Waals surface area contributed by atoms with Gasteiger partial charge < -0.3 is 9.30 Å². The van der Waals surface area contributed by atoms with Gasteiger partial charge in [0.25, 0.3) is 0 Å². The van der Waals surface area contributed by atoms with E-state index in [1.54, 1.807) is 12.4 Å². The first kappa shape index (κ1) is 21.9. The Labute approximate surface area is 219 Å². The second-order valence-corrected chi connectivity index (χ2v) is 8.95. The van der Waals surface area contributed by atoms with Crippen LogP contribution in [0.1, 0.15) is 0 Å². The Hall–Kier alpha value is -5.29. The lowest BCUT2D eigenvalue weighted by atomic mass is 10.1. The van der Waals surface area contributed by atoms with Crippen molar-refractivity contribution in [2.45, 2.75) is 0 Å². The molecule has 0 radical (unpaired) electrons. The molecule has 0 aliphatic rings. The van der Waals surface area contributed by atoms with E-state index in [1.807, 2.05) is 78.9 Å². The van der Waals surface area contributed by atoms with Crippen molar-refractivity contribution in [2.75, 3.05) is 0 Å². The van der Waals surface area contributed by atoms with E-state index < -0.39 is 0 Å². The van der Waals surface area contributed by atoms with Gasteiger partial charge >= 0.3 is 0 Å². The molecule has 0 fully saturated rings. The molecule has 0 atom stereocenters. The Morgan fingerprint density at radius 3 is 1.63 bits per heavy atom. The highest BCUT2D eigenvalue weighted by atomic mass is 16.5. The molecule has 5 heteroatoms. The number of nitrogens with zero attached hydrogens (tertiary/aromatic N) is 4. The molecule has 180 valence electrons. The molecule has 7 rings (SSSR count). The molecule has 0 spiro atoms. The minimum Gasteiger partial charge on any atom is -0.455 e. The van der Waals surface area contributed by atoms with Crippen molar-refractivity contribution in [1.29, 1.82) is 0 Å². The highest BCUT2D eigenvalue weighted by Gasteiger charge is 2.17. The molecule has 4 aromatic heterocycles. The maximum absolute atomic E-state index is 6.65. The van der Waals surface area contributed by atoms with Crippen molar-refractivity contribution in [1.82, 2.24) is 19.5 Å². The van der Waals surface area contributed by atoms with Gasteiger partial charge in [-0.1, -0.05) is 72.8 Å². The molecular formula is C33H22N4O. The Morgan fingerprint density at radius 2 is 1.05 bits per heavy atom. The third-order valence-electron chi connectivity index (χ3n) is 6.55. The molecule has 0 saturated heterocycles. The summed E-state index contributed by atoms with van der Waals surface area (Å²) in [6, 6.07) is 40.4. The molecule has 0 saturated carbocycles. The van der Waals surface area contributed by atoms with Crippen LogP contribution < -0.4 is 4.74 Å². The van der Waals surface area contributed by atoms with Gasteiger partial charge in [0, 0.05) is 35.7 Å². The fraction of sp³-hybridized carbons (Fsp3) is 0. The van der Waals surface area contributed by atoms with E-state index in [-0.39, 0.29) is 0 Å². The quantitative estimate of drug-likeness (QED) is 0.245. The average Bonchev–Trinajstić information content (AvgIpc) is 3.33. The lowest BCUT2D eigenvalue weighted by Crippen LogP contribution is -1.98. The maximum Gasteiger partial charge on any atom is 0.151 e. The van der Waals surface area contributed by atoms with Crippen LogP contribution in [0.15, 0.2) is 134 Å². The molecule has 0 unspecified atom stereocenters. The van der Waals surface area contributed by atoms with Gasteiger partial charge in [0.15, 0.2) is 5.75 Å². The summed E-state index contributed by atoms with van der Waals surface area (Å²) < 4.78 is 8.82. The molecular weight excluding hydrogens is 468 g/mol. The number of hydrogen-bond acceptors (Lipinski definition) is 4. The molecule has 5 nitrogen and oxygen atoms in total. The van der Waals surface area contributed by atoms with Gasteiger partial charge in [-0.05, 0) is 36.4 Å². The molecule has 38 heavy (non-hydrogen) atoms. The average molecular weight is 491 g/mol. The van der Waals surface area contributed by atoms with Crippen molar-refractivity contribution in [3.05, 3.63) is 134 Å². The van der Waals surface area contributed by atoms with E-state index in [4.69, 9.17) is 9.72 Å². The van der Waals surface area contributed by atoms with Crippen LogP contribution in [0.3, 0.4) is 0 Å². The number of hydrogen-bond donors (Lipinski definition) is 0. The standard InChI is InChI=1S/C33H22N4O/c1-3-11-23(12-4-1)26-21-25(22-27(36-26)24-13-5-2-6-14-24)38-31-18-8-7-15-28(31)37-29-16-9-19-34-32(29)33-30(37)17-10-20-35-33/h1-22H. The first-order valence-electron chi connectivity index (χ1n) is 12.5. The number of ether oxygens (including phenoxy) is 1. The summed E-state index contributed by atoms with van der Waals surface area (Å²) in [4.78, 5) is 14.2. The lowest BCUT2D eigenvalue weighted by Gasteiger charge is -2.15. The number of aromatic nitrogens is 4. The molecule has 3 aromatic carbocycles. The maximum atomic E-state index is 6.65. The summed E-state index contributed by atoms with van der Waals surface area (Å²) in [5, 5.41) is 0. The van der Waals surface area contributed by atoms with E-state index in [1.165, 1.54) is 0 Å². The number of fused-ring (bicyclic) bond motifs is 3. The van der Waals surface area contributed by atoms with Crippen molar-refractivity contribution in [3.63, 3.8) is 0 Å². The number of para-hydroxylation sites is 2. The van der Waals surface area contributed by atoms with Crippen molar-refractivity contribution >= 4 is 22.1 Å². The molecule has 0 aliphatic carbocycles. The van der Waals surface area contributed by atoms with Gasteiger partial charge in [-0.15, -0.1) is 0 Å². The molecule has 0 bridgehead atoms. The van der Waals surface area contributed by atoms with Crippen LogP contribution >= 0.6 is 0 Å². The van der Waals surface area contributed by atoms with Crippen LogP contribution in [0.2, 0.25) is 0 Å². The Balaban J connectivity index is 1.40. The van der Waals surface area contributed by atoms with E-state index in [9.17, 15) is 0 Å². The van der Waals surface area contributed by atoms with Crippen LogP contribution in [0, 0.1) is 0 Å². The smallest absolute Gasteiger partial charge is 0.151 e. The Morgan fingerprint density at radius 1 is 0.526 bits per heavy atom. The zero-order valence-electron chi connectivity index (χ0n) is 20.4. The first-order chi connectivity index (χ1) is 18.8. The molecule has 7 aromatic rings. The second-order valence-electron chi connectivity index (χ2n) is 8.95. The SMILES string of the molecule is c1ccc(-c2cc(Oc3ccccc3-n3c4cccnc4c4ncccc43)cc(-c3ccccc3)n2)cc1. The van der Waals surface area contributed by atoms with Crippen molar-refractivity contribution in [2.24, 2.45) is 0 Å². The normalized spacial score (nSPS) is 11.2. The van der Waals surface area contributed by atoms with Gasteiger partial charge in [0.2, 0.25) is 0 Å². The van der Waals surface area contributed by atoms with E-state index in [0.29, 0.717) is 5.75 Å². The molecule has 0 amide bonds. The number of benzene rings is 3. The third kappa shape index (κ3) is 3.87. The van der Waals surface area contributed by atoms with Gasteiger partial charge in [0.1, 0.15) is 16.8 Å². The predicted octanol–water partition coefficient (Wildman–Crippen LogP) is 8.10. The topological polar surface area (TPSA) is 52.8 Å². The highest BCUT2D eigenvalue weighted by molar-refractivity contribution is 6.04. The monoisotopic (exact) mass is 490 g/mol. The Kier molecular flexibility index (Phi) is 5.37. The minimum atomic E-state index is 0.710. The first-order valence-corrected chi connectivity index (χ1v) is 12.5. The van der Waals surface area contributed by atoms with Crippen LogP contribution in [0.4, 0.5) is 0 Å². The summed E-state index contributed by atoms with van der Waals surface area (Å²) >= 11 is 0. The van der Waals surface area contributed by atoms with E-state index >= 15 is 0 Å². The zero-order chi connectivity index (χ0) is 25.3. The minimum absolute atomic E-state index is 0.710. The fourth-order valence-electron chi connectivity index (χ4n) is 4.84. The van der Waals surface area contributed by atoms with E-state index in [2.05, 4.69) is 57.0 Å². The fourth-order valence-corrected chi connectivity index (χ4v) is 4.84. The van der Waals surface area contributed by atoms with Gasteiger partial charge in [-0.2, -0.15) is 0 Å². The summed E-state index contributed by atoms with van der Waals surface area (Å²) in [7, 11) is 0. The van der Waals surface area contributed by atoms with Crippen molar-refractivity contribution < 1.29 is 4.74 Å². The summed E-state index contributed by atoms with van der Waals surface area (Å²) in [5.41, 5.74) is 8.34. The molecule has 0 aliphatic heterocycles. The van der Waals surface area contributed by atoms with Gasteiger partial charge in [-0.25, -0.2) is 4.98 Å². The summed E-state index contributed by atoms with van der Waals surface area (Å²) in [5.74, 6) is 1.44. The van der Waals surface area contributed by atoms with Crippen molar-refractivity contribution in [3.8, 4) is 39.7 Å². The second kappa shape index (κ2) is 9.30. The third-order valence-corrected chi connectivity index (χ3v) is 6.55. The number of rotatable bonds is 5. The summed E-state index contributed by atoms with van der Waals surface area (Å²) in [6.07, 6.45) is 3.60. The van der Waals surface area contributed by atoms with Crippen LogP contribution in [0.25, 0.3) is 50.3 Å². The zero-order valence-corrected chi connectivity index (χ0v) is 20.4. The predicted molar refractivity (Wildman–Crippen MR) is 152 cm³/mol. The van der Waals surface area contributed by atoms with Crippen LogP contribution in [0.5, 0.6) is 11.5 Å². The lowest BCUT2D eigenvalue weighted by molar-refractivity contribution is 0.480. The Bertz CT molecular complexity index is 1780. The van der Waals surface area contributed by atoms with Crippen LogP contribution in [-0.4, -0.2) is 19.5 Å². The summed E-state index contributed by atoms with van der Waals surface area (Å²) in [6.45, 7) is 0. The van der Waals surface area contributed by atoms with Gasteiger partial charge in [0.05, 0.1) is 28.1 Å². The largest absolute Gasteiger partial charge is 0.455 e. The van der Waals surface area contributed by atoms with E-state index in [0.717, 1.165) is 56.0 Å². The molecule has 0 N–H and O–H groups in total. The molecule has 4 heterocycles. The number of pyridine rings is 3. The van der Waals surface area contributed by atoms with Gasteiger partial charge in [-0.3, -0.25) is 9.97 Å². The highest BCUT2D eigenvalue weighted by Crippen LogP contribution is 2.37.